The number of halogens is 1. The van der Waals surface area contributed by atoms with Crippen molar-refractivity contribution in [2.45, 2.75) is 19.4 Å². The molecule has 2 amide bonds. The first-order chi connectivity index (χ1) is 12.9. The van der Waals surface area contributed by atoms with Crippen molar-refractivity contribution in [2.75, 3.05) is 6.61 Å². The average molecular weight is 389 g/mol. The zero-order chi connectivity index (χ0) is 19.4. The molecule has 8 heteroatoms. The van der Waals surface area contributed by atoms with Crippen LogP contribution in [0.3, 0.4) is 0 Å². The lowest BCUT2D eigenvalue weighted by Gasteiger charge is -2.12. The lowest BCUT2D eigenvalue weighted by atomic mass is 10.0. The van der Waals surface area contributed by atoms with Gasteiger partial charge in [-0.25, -0.2) is 4.79 Å². The summed E-state index contributed by atoms with van der Waals surface area (Å²) in [6, 6.07) is 11.9. The van der Waals surface area contributed by atoms with E-state index < -0.39 is 23.9 Å². The second-order valence-electron chi connectivity index (χ2n) is 5.98. The lowest BCUT2D eigenvalue weighted by Crippen LogP contribution is -2.44. The molecule has 2 N–H and O–H groups in total. The number of esters is 1. The Hall–Kier alpha value is -3.06. The van der Waals surface area contributed by atoms with E-state index in [1.807, 2.05) is 6.92 Å². The van der Waals surface area contributed by atoms with Gasteiger partial charge in [0.15, 0.2) is 6.61 Å². The van der Waals surface area contributed by atoms with Crippen molar-refractivity contribution < 1.29 is 23.9 Å². The van der Waals surface area contributed by atoms with Crippen LogP contribution in [0, 0.1) is 6.92 Å². The quantitative estimate of drug-likeness (QED) is 0.606. The van der Waals surface area contributed by atoms with Gasteiger partial charge in [0.2, 0.25) is 5.91 Å². The van der Waals surface area contributed by atoms with Gasteiger partial charge in [-0.15, -0.1) is 0 Å². The minimum Gasteiger partial charge on any atom is -0.483 e. The average Bonchev–Trinajstić information content (AvgIpc) is 2.95. The van der Waals surface area contributed by atoms with E-state index in [1.54, 1.807) is 42.5 Å². The predicted molar refractivity (Wildman–Crippen MR) is 97.2 cm³/mol. The molecule has 0 unspecified atom stereocenters. The predicted octanol–water partition coefficient (Wildman–Crippen LogP) is 2.48. The molecule has 7 nitrogen and oxygen atoms in total. The van der Waals surface area contributed by atoms with Crippen molar-refractivity contribution in [3.8, 4) is 5.75 Å². The Labute approximate surface area is 160 Å². The maximum absolute atomic E-state index is 12.0. The third-order valence-electron chi connectivity index (χ3n) is 3.98. The zero-order valence-corrected chi connectivity index (χ0v) is 15.2. The molecule has 0 radical (unpaired) electrons. The molecule has 0 saturated heterocycles. The Morgan fingerprint density at radius 3 is 2.67 bits per heavy atom. The maximum Gasteiger partial charge on any atom is 0.339 e. The fraction of sp³-hybridized carbons (Fsp3) is 0.211. The van der Waals surface area contributed by atoms with Crippen LogP contribution in [0.5, 0.6) is 5.75 Å². The van der Waals surface area contributed by atoms with Gasteiger partial charge in [0, 0.05) is 10.6 Å². The largest absolute Gasteiger partial charge is 0.483 e. The van der Waals surface area contributed by atoms with E-state index in [4.69, 9.17) is 21.1 Å². The smallest absolute Gasteiger partial charge is 0.339 e. The molecule has 2 aromatic rings. The number of ether oxygens (including phenoxy) is 2. The summed E-state index contributed by atoms with van der Waals surface area (Å²) in [7, 11) is 0. The van der Waals surface area contributed by atoms with E-state index in [1.165, 1.54) is 0 Å². The van der Waals surface area contributed by atoms with Gasteiger partial charge < -0.3 is 9.47 Å². The first-order valence-corrected chi connectivity index (χ1v) is 8.58. The number of carbonyl (C=O) groups excluding carboxylic acids is 3. The van der Waals surface area contributed by atoms with Gasteiger partial charge in [0.05, 0.1) is 12.0 Å². The summed E-state index contributed by atoms with van der Waals surface area (Å²) >= 11 is 5.86. The summed E-state index contributed by atoms with van der Waals surface area (Å²) < 4.78 is 10.6. The second-order valence-corrected chi connectivity index (χ2v) is 6.42. The monoisotopic (exact) mass is 388 g/mol. The molecule has 2 aromatic carbocycles. The van der Waals surface area contributed by atoms with Crippen LogP contribution in [-0.4, -0.2) is 24.4 Å². The van der Waals surface area contributed by atoms with Crippen molar-refractivity contribution in [3.63, 3.8) is 0 Å². The van der Waals surface area contributed by atoms with Crippen LogP contribution in [0.1, 0.15) is 34.0 Å². The Morgan fingerprint density at radius 1 is 1.15 bits per heavy atom. The number of hydrogen-bond donors (Lipinski definition) is 2. The summed E-state index contributed by atoms with van der Waals surface area (Å²) in [6.07, 6.45) is -0.765. The molecule has 0 aromatic heterocycles. The molecule has 0 spiro atoms. The van der Waals surface area contributed by atoms with Crippen molar-refractivity contribution in [2.24, 2.45) is 0 Å². The van der Waals surface area contributed by atoms with E-state index >= 15 is 0 Å². The Kier molecular flexibility index (Phi) is 5.61. The molecule has 140 valence electrons. The third-order valence-corrected chi connectivity index (χ3v) is 4.22. The number of rotatable bonds is 5. The SMILES string of the molecule is Cc1cc(Cl)ccc1OCC(=O)NNC(=O)C[C@@H]1OC(=O)c2ccccc21. The number of cyclic esters (lactones) is 1. The highest BCUT2D eigenvalue weighted by atomic mass is 35.5. The van der Waals surface area contributed by atoms with E-state index in [2.05, 4.69) is 10.9 Å². The number of aryl methyl sites for hydroxylation is 1. The van der Waals surface area contributed by atoms with Crippen molar-refractivity contribution in [3.05, 3.63) is 64.2 Å². The zero-order valence-electron chi connectivity index (χ0n) is 14.5. The molecule has 0 bridgehead atoms. The highest BCUT2D eigenvalue weighted by Crippen LogP contribution is 2.32. The van der Waals surface area contributed by atoms with Crippen LogP contribution in [0.25, 0.3) is 0 Å². The summed E-state index contributed by atoms with van der Waals surface area (Å²) in [5, 5.41) is 0.575. The van der Waals surface area contributed by atoms with Gasteiger partial charge in [0.1, 0.15) is 11.9 Å². The molecule has 0 fully saturated rings. The maximum atomic E-state index is 12.0. The molecular weight excluding hydrogens is 372 g/mol. The van der Waals surface area contributed by atoms with Gasteiger partial charge >= 0.3 is 5.97 Å². The van der Waals surface area contributed by atoms with Gasteiger partial charge in [-0.05, 0) is 36.8 Å². The van der Waals surface area contributed by atoms with Crippen molar-refractivity contribution >= 4 is 29.4 Å². The molecule has 1 aliphatic heterocycles. The second kappa shape index (κ2) is 8.09. The highest BCUT2D eigenvalue weighted by molar-refractivity contribution is 6.30. The van der Waals surface area contributed by atoms with E-state index in [0.717, 1.165) is 5.56 Å². The first-order valence-electron chi connectivity index (χ1n) is 8.20. The van der Waals surface area contributed by atoms with Crippen molar-refractivity contribution in [1.82, 2.24) is 10.9 Å². The van der Waals surface area contributed by atoms with Gasteiger partial charge in [-0.1, -0.05) is 29.8 Å². The number of hydrogen-bond acceptors (Lipinski definition) is 5. The number of fused-ring (bicyclic) bond motifs is 1. The summed E-state index contributed by atoms with van der Waals surface area (Å²) in [5.41, 5.74) is 6.45. The van der Waals surface area contributed by atoms with E-state index in [9.17, 15) is 14.4 Å². The Balaban J connectivity index is 1.45. The molecule has 1 atom stereocenters. The van der Waals surface area contributed by atoms with Crippen LogP contribution in [-0.2, 0) is 14.3 Å². The van der Waals surface area contributed by atoms with Gasteiger partial charge in [-0.2, -0.15) is 0 Å². The van der Waals surface area contributed by atoms with Crippen LogP contribution in [0.2, 0.25) is 5.02 Å². The number of hydrazine groups is 1. The summed E-state index contributed by atoms with van der Waals surface area (Å²) in [5.74, 6) is -0.948. The van der Waals surface area contributed by atoms with Crippen LogP contribution >= 0.6 is 11.6 Å². The summed E-state index contributed by atoms with van der Waals surface area (Å²) in [6.45, 7) is 1.53. The fourth-order valence-corrected chi connectivity index (χ4v) is 2.91. The standard InChI is InChI=1S/C19H17ClN2O5/c1-11-8-12(20)6-7-15(11)26-10-18(24)22-21-17(23)9-16-13-4-2-3-5-14(13)19(25)27-16/h2-8,16H,9-10H2,1H3,(H,21,23)(H,22,24)/t16-/m0/s1. The molecule has 3 rings (SSSR count). The topological polar surface area (TPSA) is 93.7 Å². The molecule has 1 heterocycles. The molecule has 0 aliphatic carbocycles. The number of nitrogens with one attached hydrogen (secondary N) is 2. The fourth-order valence-electron chi connectivity index (χ4n) is 2.68. The minimum absolute atomic E-state index is 0.0970. The number of amides is 2. The molecular formula is C19H17ClN2O5. The molecule has 0 saturated carbocycles. The van der Waals surface area contributed by atoms with Crippen LogP contribution in [0.4, 0.5) is 0 Å². The van der Waals surface area contributed by atoms with Crippen LogP contribution < -0.4 is 15.6 Å². The first kappa shape index (κ1) is 18.7. The molecule has 27 heavy (non-hydrogen) atoms. The highest BCUT2D eigenvalue weighted by Gasteiger charge is 2.32. The number of carbonyl (C=O) groups is 3. The lowest BCUT2D eigenvalue weighted by molar-refractivity contribution is -0.131. The Morgan fingerprint density at radius 2 is 1.89 bits per heavy atom. The van der Waals surface area contributed by atoms with Gasteiger partial charge in [-0.3, -0.25) is 20.4 Å². The van der Waals surface area contributed by atoms with Crippen LogP contribution in [0.15, 0.2) is 42.5 Å². The summed E-state index contributed by atoms with van der Waals surface area (Å²) in [4.78, 5) is 35.6. The molecule has 1 aliphatic rings. The minimum atomic E-state index is -0.668. The van der Waals surface area contributed by atoms with E-state index in [0.29, 0.717) is 21.9 Å². The third kappa shape index (κ3) is 4.57. The van der Waals surface area contributed by atoms with Gasteiger partial charge in [0.25, 0.3) is 5.91 Å². The normalized spacial score (nSPS) is 14.9. The van der Waals surface area contributed by atoms with Crippen molar-refractivity contribution in [1.29, 1.82) is 0 Å². The van der Waals surface area contributed by atoms with E-state index in [-0.39, 0.29) is 13.0 Å². The Bertz CT molecular complexity index is 899. The number of benzene rings is 2.